The first-order chi connectivity index (χ1) is 12.6. The Bertz CT molecular complexity index is 693. The average Bonchev–Trinajstić information content (AvgIpc) is 3.01. The van der Waals surface area contributed by atoms with Crippen LogP contribution in [0.5, 0.6) is 0 Å². The van der Waals surface area contributed by atoms with Crippen LogP contribution < -0.4 is 0 Å². The normalized spacial score (nSPS) is 39.8. The molecule has 1 N–H and O–H groups in total. The van der Waals surface area contributed by atoms with Crippen LogP contribution in [0.3, 0.4) is 0 Å². The molecule has 5 nitrogen and oxygen atoms in total. The van der Waals surface area contributed by atoms with Crippen LogP contribution in [0.25, 0.3) is 0 Å². The third-order valence-electron chi connectivity index (χ3n) is 7.70. The number of hydrogen-bond acceptors (Lipinski definition) is 5. The SMILES string of the molecule is CC(=O)O[C@H](C[C@]1(C)[C@@H](C)C[C@@H](O)[C@@]2(C)C(C)=CCC[C@@H]12)C1=CC(=O)OC1. The molecule has 0 aromatic carbocycles. The number of fused-ring (bicyclic) bond motifs is 1. The van der Waals surface area contributed by atoms with Gasteiger partial charge in [-0.3, -0.25) is 4.79 Å². The lowest BCUT2D eigenvalue weighted by atomic mass is 9.45. The van der Waals surface area contributed by atoms with Gasteiger partial charge in [0.25, 0.3) is 0 Å². The maximum Gasteiger partial charge on any atom is 0.331 e. The van der Waals surface area contributed by atoms with E-state index in [0.29, 0.717) is 6.42 Å². The van der Waals surface area contributed by atoms with E-state index in [0.717, 1.165) is 24.8 Å². The van der Waals surface area contributed by atoms with Gasteiger partial charge in [-0.1, -0.05) is 32.4 Å². The van der Waals surface area contributed by atoms with Crippen LogP contribution in [0.1, 0.15) is 60.3 Å². The summed E-state index contributed by atoms with van der Waals surface area (Å²) in [4.78, 5) is 23.3. The van der Waals surface area contributed by atoms with Gasteiger partial charge in [0.15, 0.2) is 0 Å². The Morgan fingerprint density at radius 3 is 2.74 bits per heavy atom. The van der Waals surface area contributed by atoms with E-state index < -0.39 is 6.10 Å². The predicted molar refractivity (Wildman–Crippen MR) is 102 cm³/mol. The number of ether oxygens (including phenoxy) is 2. The number of carbonyl (C=O) groups excluding carboxylic acids is 2. The molecule has 0 bridgehead atoms. The second-order valence-corrected chi connectivity index (χ2v) is 9.09. The highest BCUT2D eigenvalue weighted by molar-refractivity contribution is 5.85. The lowest BCUT2D eigenvalue weighted by molar-refractivity contribution is -0.155. The molecular formula is C22H32O5. The number of aliphatic hydroxyl groups excluding tert-OH is 1. The summed E-state index contributed by atoms with van der Waals surface area (Å²) in [5.41, 5.74) is 1.60. The van der Waals surface area contributed by atoms with E-state index in [1.165, 1.54) is 18.6 Å². The zero-order valence-corrected chi connectivity index (χ0v) is 17.1. The van der Waals surface area contributed by atoms with Gasteiger partial charge in [-0.25, -0.2) is 4.79 Å². The molecule has 1 fully saturated rings. The fraction of sp³-hybridized carbons (Fsp3) is 0.727. The van der Waals surface area contributed by atoms with Crippen LogP contribution in [0.4, 0.5) is 0 Å². The lowest BCUT2D eigenvalue weighted by Gasteiger charge is -2.60. The van der Waals surface area contributed by atoms with Crippen molar-refractivity contribution in [3.8, 4) is 0 Å². The Hall–Kier alpha value is -1.62. The molecule has 0 radical (unpaired) electrons. The first-order valence-electron chi connectivity index (χ1n) is 9.98. The molecule has 0 spiro atoms. The highest BCUT2D eigenvalue weighted by atomic mass is 16.6. The summed E-state index contributed by atoms with van der Waals surface area (Å²) in [6.07, 6.45) is 6.25. The smallest absolute Gasteiger partial charge is 0.331 e. The van der Waals surface area contributed by atoms with Crippen LogP contribution in [-0.2, 0) is 19.1 Å². The van der Waals surface area contributed by atoms with Crippen LogP contribution >= 0.6 is 0 Å². The van der Waals surface area contributed by atoms with Crippen molar-refractivity contribution in [2.24, 2.45) is 22.7 Å². The Kier molecular flexibility index (Phi) is 5.28. The van der Waals surface area contributed by atoms with Crippen LogP contribution in [0, 0.1) is 22.7 Å². The van der Waals surface area contributed by atoms with E-state index in [2.05, 4.69) is 33.8 Å². The molecular weight excluding hydrogens is 344 g/mol. The third-order valence-corrected chi connectivity index (χ3v) is 7.70. The van der Waals surface area contributed by atoms with E-state index in [4.69, 9.17) is 9.47 Å². The van der Waals surface area contributed by atoms with Gasteiger partial charge in [0.1, 0.15) is 12.7 Å². The Labute approximate surface area is 161 Å². The predicted octanol–water partition coefficient (Wildman–Crippen LogP) is 3.56. The van der Waals surface area contributed by atoms with E-state index in [1.807, 2.05) is 0 Å². The van der Waals surface area contributed by atoms with Crippen LogP contribution in [0.2, 0.25) is 0 Å². The van der Waals surface area contributed by atoms with Crippen molar-refractivity contribution >= 4 is 11.9 Å². The Balaban J connectivity index is 1.96. The number of cyclic esters (lactones) is 1. The highest BCUT2D eigenvalue weighted by Gasteiger charge is 2.58. The first-order valence-corrected chi connectivity index (χ1v) is 9.98. The Morgan fingerprint density at radius 1 is 1.44 bits per heavy atom. The second kappa shape index (κ2) is 7.08. The van der Waals surface area contributed by atoms with Gasteiger partial charge >= 0.3 is 11.9 Å². The first kappa shape index (κ1) is 20.1. The van der Waals surface area contributed by atoms with Crippen LogP contribution in [-0.4, -0.2) is 35.9 Å². The van der Waals surface area contributed by atoms with Gasteiger partial charge in [-0.2, -0.15) is 0 Å². The monoisotopic (exact) mass is 376 g/mol. The minimum absolute atomic E-state index is 0.129. The number of hydrogen-bond donors (Lipinski definition) is 1. The molecule has 1 heterocycles. The molecule has 1 aliphatic heterocycles. The van der Waals surface area contributed by atoms with Crippen molar-refractivity contribution in [3.63, 3.8) is 0 Å². The zero-order valence-electron chi connectivity index (χ0n) is 17.1. The van der Waals surface area contributed by atoms with E-state index >= 15 is 0 Å². The minimum Gasteiger partial charge on any atom is -0.458 e. The molecule has 3 aliphatic rings. The number of rotatable bonds is 4. The maximum atomic E-state index is 11.7. The van der Waals surface area contributed by atoms with Crippen molar-refractivity contribution in [2.75, 3.05) is 6.61 Å². The highest BCUT2D eigenvalue weighted by Crippen LogP contribution is 2.62. The van der Waals surface area contributed by atoms with Crippen molar-refractivity contribution in [3.05, 3.63) is 23.3 Å². The number of allylic oxidation sites excluding steroid dienone is 1. The summed E-state index contributed by atoms with van der Waals surface area (Å²) in [6.45, 7) is 10.3. The molecule has 27 heavy (non-hydrogen) atoms. The summed E-state index contributed by atoms with van der Waals surface area (Å²) in [5, 5.41) is 11.0. The number of esters is 2. The molecule has 6 atom stereocenters. The van der Waals surface area contributed by atoms with Crippen LogP contribution in [0.15, 0.2) is 23.3 Å². The molecule has 0 amide bonds. The lowest BCUT2D eigenvalue weighted by Crippen LogP contribution is -2.57. The summed E-state index contributed by atoms with van der Waals surface area (Å²) >= 11 is 0. The molecule has 0 saturated heterocycles. The molecule has 2 aliphatic carbocycles. The molecule has 0 aromatic rings. The van der Waals surface area contributed by atoms with Gasteiger partial charge in [-0.15, -0.1) is 0 Å². The van der Waals surface area contributed by atoms with E-state index in [-0.39, 0.29) is 47.3 Å². The van der Waals surface area contributed by atoms with Gasteiger partial charge in [0.05, 0.1) is 6.10 Å². The second-order valence-electron chi connectivity index (χ2n) is 9.09. The standard InChI is InChI=1S/C22H32O5/c1-13-7-6-8-18-21(4,14(2)9-19(24)22(13,18)5)11-17(27-15(3)23)16-10-20(25)26-12-16/h7,10,14,17-19,24H,6,8-9,11-12H2,1-5H3/t14-,17+,18-,19+,21+,22-/m0/s1. The molecule has 0 unspecified atom stereocenters. The van der Waals surface area contributed by atoms with E-state index in [9.17, 15) is 14.7 Å². The Morgan fingerprint density at radius 2 is 2.15 bits per heavy atom. The van der Waals surface area contributed by atoms with Crippen molar-refractivity contribution in [1.29, 1.82) is 0 Å². The number of aliphatic hydroxyl groups is 1. The molecule has 1 saturated carbocycles. The van der Waals surface area contributed by atoms with Crippen molar-refractivity contribution in [2.45, 2.75) is 72.5 Å². The summed E-state index contributed by atoms with van der Waals surface area (Å²) in [5.74, 6) is -0.172. The van der Waals surface area contributed by atoms with Crippen molar-refractivity contribution in [1.82, 2.24) is 0 Å². The third kappa shape index (κ3) is 3.35. The largest absolute Gasteiger partial charge is 0.458 e. The fourth-order valence-electron chi connectivity index (χ4n) is 5.73. The fourth-order valence-corrected chi connectivity index (χ4v) is 5.73. The summed E-state index contributed by atoms with van der Waals surface area (Å²) in [7, 11) is 0. The minimum atomic E-state index is -0.466. The van der Waals surface area contributed by atoms with Gasteiger partial charge in [0, 0.05) is 24.0 Å². The van der Waals surface area contributed by atoms with E-state index in [1.54, 1.807) is 0 Å². The molecule has 5 heteroatoms. The molecule has 150 valence electrons. The van der Waals surface area contributed by atoms with Gasteiger partial charge in [0.2, 0.25) is 0 Å². The number of carbonyl (C=O) groups is 2. The molecule has 3 rings (SSSR count). The average molecular weight is 376 g/mol. The maximum absolute atomic E-state index is 11.7. The van der Waals surface area contributed by atoms with Crippen molar-refractivity contribution < 1.29 is 24.2 Å². The summed E-state index contributed by atoms with van der Waals surface area (Å²) in [6, 6.07) is 0. The topological polar surface area (TPSA) is 72.8 Å². The quantitative estimate of drug-likeness (QED) is 0.600. The summed E-state index contributed by atoms with van der Waals surface area (Å²) < 4.78 is 10.7. The van der Waals surface area contributed by atoms with Gasteiger partial charge in [-0.05, 0) is 49.9 Å². The van der Waals surface area contributed by atoms with Gasteiger partial charge < -0.3 is 14.6 Å². The molecule has 0 aromatic heterocycles. The zero-order chi connectivity index (χ0) is 20.0.